The molecule has 0 atom stereocenters. The SMILES string of the molecule is Cc1cc(F)ccc1NC(=O)c1cn(-c2cc(N3CCCC3)ncn2)cn1. The molecule has 0 bridgehead atoms. The number of carbonyl (C=O) groups is 1. The molecule has 138 valence electrons. The number of nitrogens with one attached hydrogen (secondary N) is 1. The molecule has 4 rings (SSSR count). The number of anilines is 2. The smallest absolute Gasteiger partial charge is 0.275 e. The Bertz CT molecular complexity index is 980. The van der Waals surface area contributed by atoms with E-state index in [0.29, 0.717) is 17.1 Å². The van der Waals surface area contributed by atoms with E-state index in [4.69, 9.17) is 0 Å². The van der Waals surface area contributed by atoms with Crippen molar-refractivity contribution in [2.75, 3.05) is 23.3 Å². The fourth-order valence-corrected chi connectivity index (χ4v) is 3.12. The lowest BCUT2D eigenvalue weighted by Crippen LogP contribution is -2.19. The molecule has 0 saturated carbocycles. The highest BCUT2D eigenvalue weighted by Gasteiger charge is 2.16. The maximum Gasteiger partial charge on any atom is 0.275 e. The summed E-state index contributed by atoms with van der Waals surface area (Å²) in [7, 11) is 0. The monoisotopic (exact) mass is 366 g/mol. The normalized spacial score (nSPS) is 13.8. The number of carbonyl (C=O) groups excluding carboxylic acids is 1. The van der Waals surface area contributed by atoms with E-state index in [9.17, 15) is 9.18 Å². The lowest BCUT2D eigenvalue weighted by molar-refractivity contribution is 0.102. The Hall–Kier alpha value is -3.29. The Morgan fingerprint density at radius 2 is 1.89 bits per heavy atom. The minimum atomic E-state index is -0.364. The molecule has 0 aliphatic carbocycles. The van der Waals surface area contributed by atoms with E-state index < -0.39 is 0 Å². The molecule has 27 heavy (non-hydrogen) atoms. The molecule has 1 fully saturated rings. The van der Waals surface area contributed by atoms with E-state index in [1.807, 2.05) is 6.07 Å². The van der Waals surface area contributed by atoms with Crippen LogP contribution in [0, 0.1) is 12.7 Å². The maximum atomic E-state index is 13.2. The van der Waals surface area contributed by atoms with Crippen LogP contribution in [0.3, 0.4) is 0 Å². The second-order valence-electron chi connectivity index (χ2n) is 6.51. The van der Waals surface area contributed by atoms with Crippen LogP contribution in [0.25, 0.3) is 5.82 Å². The minimum absolute atomic E-state index is 0.250. The van der Waals surface area contributed by atoms with Crippen LogP contribution in [0.15, 0.2) is 43.1 Å². The molecule has 0 spiro atoms. The Labute approximate surface area is 155 Å². The van der Waals surface area contributed by atoms with Gasteiger partial charge in [-0.2, -0.15) is 0 Å². The van der Waals surface area contributed by atoms with Crippen molar-refractivity contribution in [1.29, 1.82) is 0 Å². The molecule has 0 radical (unpaired) electrons. The number of rotatable bonds is 4. The molecule has 1 amide bonds. The van der Waals surface area contributed by atoms with Crippen molar-refractivity contribution >= 4 is 17.4 Å². The van der Waals surface area contributed by atoms with Crippen molar-refractivity contribution in [2.24, 2.45) is 0 Å². The first-order chi connectivity index (χ1) is 13.1. The standard InChI is InChI=1S/C19H19FN6O/c1-13-8-14(20)4-5-15(13)24-19(27)16-10-26(12-23-16)18-9-17(21-11-22-18)25-6-2-3-7-25/h4-5,8-12H,2-3,6-7H2,1H3,(H,24,27). The van der Waals surface area contributed by atoms with Crippen LogP contribution in [0.4, 0.5) is 15.9 Å². The van der Waals surface area contributed by atoms with Crippen molar-refractivity contribution in [3.8, 4) is 5.82 Å². The minimum Gasteiger partial charge on any atom is -0.356 e. The number of aromatic nitrogens is 4. The Kier molecular flexibility index (Phi) is 4.53. The molecule has 1 aliphatic rings. The van der Waals surface area contributed by atoms with Gasteiger partial charge in [-0.05, 0) is 43.5 Å². The van der Waals surface area contributed by atoms with Gasteiger partial charge < -0.3 is 10.2 Å². The average Bonchev–Trinajstić information content (AvgIpc) is 3.36. The number of hydrogen-bond donors (Lipinski definition) is 1. The first-order valence-electron chi connectivity index (χ1n) is 8.79. The second-order valence-corrected chi connectivity index (χ2v) is 6.51. The maximum absolute atomic E-state index is 13.2. The highest BCUT2D eigenvalue weighted by atomic mass is 19.1. The average molecular weight is 366 g/mol. The van der Waals surface area contributed by atoms with Crippen LogP contribution in [0.5, 0.6) is 0 Å². The van der Waals surface area contributed by atoms with Gasteiger partial charge in [-0.3, -0.25) is 9.36 Å². The van der Waals surface area contributed by atoms with Gasteiger partial charge in [-0.25, -0.2) is 19.3 Å². The number of imidazole rings is 1. The van der Waals surface area contributed by atoms with Crippen molar-refractivity contribution in [1.82, 2.24) is 19.5 Å². The second kappa shape index (κ2) is 7.14. The highest BCUT2D eigenvalue weighted by molar-refractivity contribution is 6.03. The molecular formula is C19H19FN6O. The molecule has 8 heteroatoms. The zero-order valence-electron chi connectivity index (χ0n) is 14.9. The fraction of sp³-hybridized carbons (Fsp3) is 0.263. The molecule has 1 aliphatic heterocycles. The summed E-state index contributed by atoms with van der Waals surface area (Å²) in [6.07, 6.45) is 7.01. The van der Waals surface area contributed by atoms with E-state index >= 15 is 0 Å². The molecule has 3 aromatic rings. The third-order valence-corrected chi connectivity index (χ3v) is 4.58. The van der Waals surface area contributed by atoms with E-state index in [1.54, 1.807) is 24.0 Å². The summed E-state index contributed by atoms with van der Waals surface area (Å²) < 4.78 is 14.9. The summed E-state index contributed by atoms with van der Waals surface area (Å²) in [6.45, 7) is 3.72. The molecule has 0 unspecified atom stereocenters. The van der Waals surface area contributed by atoms with Crippen molar-refractivity contribution in [3.05, 3.63) is 60.2 Å². The summed E-state index contributed by atoms with van der Waals surface area (Å²) in [4.78, 5) is 27.4. The first-order valence-corrected chi connectivity index (χ1v) is 8.79. The number of aryl methyl sites for hydroxylation is 1. The number of halogens is 1. The van der Waals surface area contributed by atoms with Crippen molar-refractivity contribution in [2.45, 2.75) is 19.8 Å². The molecule has 1 saturated heterocycles. The molecule has 1 aromatic carbocycles. The Balaban J connectivity index is 1.53. The topological polar surface area (TPSA) is 75.9 Å². The largest absolute Gasteiger partial charge is 0.356 e. The van der Waals surface area contributed by atoms with Gasteiger partial charge in [0.25, 0.3) is 5.91 Å². The zero-order chi connectivity index (χ0) is 18.8. The number of amides is 1. The van der Waals surface area contributed by atoms with Gasteiger partial charge in [0.15, 0.2) is 0 Å². The summed E-state index contributed by atoms with van der Waals surface area (Å²) in [5.41, 5.74) is 1.45. The predicted octanol–water partition coefficient (Wildman–Crippen LogP) is 2.96. The third-order valence-electron chi connectivity index (χ3n) is 4.58. The summed E-state index contributed by atoms with van der Waals surface area (Å²) in [5.74, 6) is 0.820. The number of hydrogen-bond acceptors (Lipinski definition) is 5. The number of nitrogens with zero attached hydrogens (tertiary/aromatic N) is 5. The molecule has 7 nitrogen and oxygen atoms in total. The van der Waals surface area contributed by atoms with Gasteiger partial charge in [0.05, 0.1) is 0 Å². The van der Waals surface area contributed by atoms with E-state index in [2.05, 4.69) is 25.2 Å². The molecule has 2 aromatic heterocycles. The van der Waals surface area contributed by atoms with Crippen molar-refractivity contribution in [3.63, 3.8) is 0 Å². The van der Waals surface area contributed by atoms with Crippen LogP contribution >= 0.6 is 0 Å². The summed E-state index contributed by atoms with van der Waals surface area (Å²) >= 11 is 0. The lowest BCUT2D eigenvalue weighted by Gasteiger charge is -2.16. The van der Waals surface area contributed by atoms with Crippen LogP contribution < -0.4 is 10.2 Å². The van der Waals surface area contributed by atoms with Crippen molar-refractivity contribution < 1.29 is 9.18 Å². The predicted molar refractivity (Wildman–Crippen MR) is 99.7 cm³/mol. The first kappa shape index (κ1) is 17.1. The molecular weight excluding hydrogens is 347 g/mol. The lowest BCUT2D eigenvalue weighted by atomic mass is 10.2. The molecule has 1 N–H and O–H groups in total. The van der Waals surface area contributed by atoms with Gasteiger partial charge >= 0.3 is 0 Å². The Morgan fingerprint density at radius 3 is 2.67 bits per heavy atom. The van der Waals surface area contributed by atoms with Gasteiger partial charge in [0.2, 0.25) is 0 Å². The molecule has 3 heterocycles. The quantitative estimate of drug-likeness (QED) is 0.768. The zero-order valence-corrected chi connectivity index (χ0v) is 14.9. The van der Waals surface area contributed by atoms with E-state index in [-0.39, 0.29) is 17.4 Å². The van der Waals surface area contributed by atoms with E-state index in [1.165, 1.54) is 24.5 Å². The van der Waals surface area contributed by atoms with Gasteiger partial charge in [0.1, 0.15) is 35.8 Å². The van der Waals surface area contributed by atoms with Gasteiger partial charge in [0, 0.05) is 31.0 Å². The van der Waals surface area contributed by atoms with Crippen LogP contribution in [-0.4, -0.2) is 38.5 Å². The van der Waals surface area contributed by atoms with Crippen LogP contribution in [0.2, 0.25) is 0 Å². The number of benzene rings is 1. The van der Waals surface area contributed by atoms with Gasteiger partial charge in [-0.15, -0.1) is 0 Å². The highest BCUT2D eigenvalue weighted by Crippen LogP contribution is 2.20. The van der Waals surface area contributed by atoms with E-state index in [0.717, 1.165) is 31.7 Å². The fourth-order valence-electron chi connectivity index (χ4n) is 3.12. The van der Waals surface area contributed by atoms with Crippen LogP contribution in [-0.2, 0) is 0 Å². The Morgan fingerprint density at radius 1 is 1.11 bits per heavy atom. The summed E-state index contributed by atoms with van der Waals surface area (Å²) in [5, 5.41) is 2.75. The van der Waals surface area contributed by atoms with Crippen LogP contribution in [0.1, 0.15) is 28.9 Å². The third kappa shape index (κ3) is 3.64. The summed E-state index contributed by atoms with van der Waals surface area (Å²) in [6, 6.07) is 6.10. The van der Waals surface area contributed by atoms with Gasteiger partial charge in [-0.1, -0.05) is 0 Å².